The van der Waals surface area contributed by atoms with Crippen molar-refractivity contribution in [2.45, 2.75) is 58.7 Å². The van der Waals surface area contributed by atoms with Crippen molar-refractivity contribution in [2.24, 2.45) is 0 Å². The first kappa shape index (κ1) is 14.3. The Bertz CT molecular complexity index is 417. The predicted octanol–water partition coefficient (Wildman–Crippen LogP) is 3.70. The molecule has 0 aromatic heterocycles. The molecule has 0 aliphatic carbocycles. The molecule has 1 aliphatic heterocycles. The molecule has 1 aromatic rings. The molecule has 1 fully saturated rings. The standard InChI is InChI=1S/C16H25FN2/c1-12(2)18-11-14-7-8-16(15(17)10-14)19-9-5-4-6-13(19)3/h7-8,10,12-13,18H,4-6,9,11H2,1-3H3. The zero-order valence-electron chi connectivity index (χ0n) is 12.2. The fourth-order valence-electron chi connectivity index (χ4n) is 2.67. The van der Waals surface area contributed by atoms with Gasteiger partial charge in [0.15, 0.2) is 0 Å². The summed E-state index contributed by atoms with van der Waals surface area (Å²) in [7, 11) is 0. The number of halogens is 1. The van der Waals surface area contributed by atoms with Crippen molar-refractivity contribution in [1.82, 2.24) is 5.32 Å². The van der Waals surface area contributed by atoms with Crippen LogP contribution in [0, 0.1) is 5.82 Å². The highest BCUT2D eigenvalue weighted by Gasteiger charge is 2.21. The van der Waals surface area contributed by atoms with Gasteiger partial charge in [-0.2, -0.15) is 0 Å². The maximum Gasteiger partial charge on any atom is 0.146 e. The van der Waals surface area contributed by atoms with Gasteiger partial charge in [0.1, 0.15) is 5.82 Å². The third-order valence-electron chi connectivity index (χ3n) is 3.84. The number of benzene rings is 1. The van der Waals surface area contributed by atoms with E-state index < -0.39 is 0 Å². The SMILES string of the molecule is CC(C)NCc1ccc(N2CCCCC2C)c(F)c1. The van der Waals surface area contributed by atoms with E-state index in [2.05, 4.69) is 31.0 Å². The zero-order chi connectivity index (χ0) is 13.8. The Kier molecular flexibility index (Phi) is 4.81. The maximum absolute atomic E-state index is 14.3. The fraction of sp³-hybridized carbons (Fsp3) is 0.625. The Hall–Kier alpha value is -1.09. The molecule has 0 bridgehead atoms. The minimum Gasteiger partial charge on any atom is -0.366 e. The molecule has 3 heteroatoms. The van der Waals surface area contributed by atoms with Gasteiger partial charge in [-0.15, -0.1) is 0 Å². The highest BCUT2D eigenvalue weighted by molar-refractivity contribution is 5.50. The summed E-state index contributed by atoms with van der Waals surface area (Å²) in [6.07, 6.45) is 3.59. The summed E-state index contributed by atoms with van der Waals surface area (Å²) in [5, 5.41) is 3.32. The lowest BCUT2D eigenvalue weighted by Gasteiger charge is -2.35. The Labute approximate surface area is 116 Å². The number of hydrogen-bond donors (Lipinski definition) is 1. The van der Waals surface area contributed by atoms with Crippen molar-refractivity contribution < 1.29 is 4.39 Å². The van der Waals surface area contributed by atoms with Crippen LogP contribution in [0.15, 0.2) is 18.2 Å². The molecule has 19 heavy (non-hydrogen) atoms. The van der Waals surface area contributed by atoms with E-state index in [9.17, 15) is 4.39 Å². The molecule has 1 saturated heterocycles. The van der Waals surface area contributed by atoms with Crippen LogP contribution in [0.3, 0.4) is 0 Å². The van der Waals surface area contributed by atoms with Crippen LogP contribution in [0.2, 0.25) is 0 Å². The molecular formula is C16H25FN2. The summed E-state index contributed by atoms with van der Waals surface area (Å²) in [4.78, 5) is 2.21. The second-order valence-corrected chi connectivity index (χ2v) is 5.86. The predicted molar refractivity (Wildman–Crippen MR) is 79.0 cm³/mol. The highest BCUT2D eigenvalue weighted by Crippen LogP contribution is 2.27. The number of nitrogens with one attached hydrogen (secondary N) is 1. The first-order valence-electron chi connectivity index (χ1n) is 7.36. The van der Waals surface area contributed by atoms with Gasteiger partial charge in [0.2, 0.25) is 0 Å². The quantitative estimate of drug-likeness (QED) is 0.892. The van der Waals surface area contributed by atoms with E-state index in [0.29, 0.717) is 12.1 Å². The van der Waals surface area contributed by atoms with Gasteiger partial charge in [-0.05, 0) is 43.9 Å². The lowest BCUT2D eigenvalue weighted by atomic mass is 10.0. The summed E-state index contributed by atoms with van der Waals surface area (Å²) < 4.78 is 14.3. The van der Waals surface area contributed by atoms with Crippen LogP contribution in [0.4, 0.5) is 10.1 Å². The average Bonchev–Trinajstić information content (AvgIpc) is 2.38. The van der Waals surface area contributed by atoms with Crippen LogP contribution < -0.4 is 10.2 Å². The number of rotatable bonds is 4. The highest BCUT2D eigenvalue weighted by atomic mass is 19.1. The minimum absolute atomic E-state index is 0.0863. The summed E-state index contributed by atoms with van der Waals surface area (Å²) in [5.41, 5.74) is 1.78. The van der Waals surface area contributed by atoms with Gasteiger partial charge in [-0.25, -0.2) is 4.39 Å². The van der Waals surface area contributed by atoms with Gasteiger partial charge in [-0.3, -0.25) is 0 Å². The largest absolute Gasteiger partial charge is 0.366 e. The summed E-state index contributed by atoms with van der Waals surface area (Å²) >= 11 is 0. The van der Waals surface area contributed by atoms with Gasteiger partial charge in [-0.1, -0.05) is 19.9 Å². The monoisotopic (exact) mass is 264 g/mol. The van der Waals surface area contributed by atoms with E-state index in [0.717, 1.165) is 30.8 Å². The van der Waals surface area contributed by atoms with Gasteiger partial charge in [0, 0.05) is 25.2 Å². The molecule has 2 nitrogen and oxygen atoms in total. The first-order chi connectivity index (χ1) is 9.08. The molecule has 0 saturated carbocycles. The van der Waals surface area contributed by atoms with Crippen molar-refractivity contribution in [1.29, 1.82) is 0 Å². The fourth-order valence-corrected chi connectivity index (χ4v) is 2.67. The molecule has 0 amide bonds. The molecule has 1 unspecified atom stereocenters. The smallest absolute Gasteiger partial charge is 0.146 e. The lowest BCUT2D eigenvalue weighted by Crippen LogP contribution is -2.38. The van der Waals surface area contributed by atoms with Crippen molar-refractivity contribution in [3.05, 3.63) is 29.6 Å². The van der Waals surface area contributed by atoms with Crippen LogP contribution >= 0.6 is 0 Å². The molecule has 1 aliphatic rings. The molecule has 1 N–H and O–H groups in total. The molecule has 2 rings (SSSR count). The topological polar surface area (TPSA) is 15.3 Å². The third-order valence-corrected chi connectivity index (χ3v) is 3.84. The average molecular weight is 264 g/mol. The van der Waals surface area contributed by atoms with Crippen LogP contribution in [0.5, 0.6) is 0 Å². The van der Waals surface area contributed by atoms with Crippen LogP contribution in [-0.2, 0) is 6.54 Å². The Morgan fingerprint density at radius 3 is 2.79 bits per heavy atom. The van der Waals surface area contributed by atoms with Crippen molar-refractivity contribution in [2.75, 3.05) is 11.4 Å². The van der Waals surface area contributed by atoms with Gasteiger partial charge in [0.05, 0.1) is 5.69 Å². The van der Waals surface area contributed by atoms with Crippen LogP contribution in [0.1, 0.15) is 45.6 Å². The molecular weight excluding hydrogens is 239 g/mol. The molecule has 0 radical (unpaired) electrons. The Balaban J connectivity index is 2.10. The number of nitrogens with zero attached hydrogens (tertiary/aromatic N) is 1. The molecule has 1 atom stereocenters. The van der Waals surface area contributed by atoms with Crippen molar-refractivity contribution in [3.63, 3.8) is 0 Å². The Morgan fingerprint density at radius 2 is 2.16 bits per heavy atom. The second-order valence-electron chi connectivity index (χ2n) is 5.86. The molecule has 106 valence electrons. The molecule has 1 aromatic carbocycles. The van der Waals surface area contributed by atoms with Crippen molar-refractivity contribution in [3.8, 4) is 0 Å². The van der Waals surface area contributed by atoms with Gasteiger partial charge in [0.25, 0.3) is 0 Å². The molecule has 1 heterocycles. The first-order valence-corrected chi connectivity index (χ1v) is 7.36. The normalized spacial score (nSPS) is 20.1. The Morgan fingerprint density at radius 1 is 1.37 bits per heavy atom. The molecule has 0 spiro atoms. The number of anilines is 1. The van der Waals surface area contributed by atoms with E-state index in [1.54, 1.807) is 6.07 Å². The van der Waals surface area contributed by atoms with Crippen LogP contribution in [-0.4, -0.2) is 18.6 Å². The van der Waals surface area contributed by atoms with Crippen LogP contribution in [0.25, 0.3) is 0 Å². The van der Waals surface area contributed by atoms with E-state index in [1.807, 2.05) is 12.1 Å². The lowest BCUT2D eigenvalue weighted by molar-refractivity contribution is 0.475. The number of hydrogen-bond acceptors (Lipinski definition) is 2. The van der Waals surface area contributed by atoms with E-state index in [4.69, 9.17) is 0 Å². The third kappa shape index (κ3) is 3.69. The van der Waals surface area contributed by atoms with Gasteiger partial charge >= 0.3 is 0 Å². The van der Waals surface area contributed by atoms with Gasteiger partial charge < -0.3 is 10.2 Å². The zero-order valence-corrected chi connectivity index (χ0v) is 12.2. The van der Waals surface area contributed by atoms with E-state index >= 15 is 0 Å². The van der Waals surface area contributed by atoms with E-state index in [1.165, 1.54) is 12.8 Å². The summed E-state index contributed by atoms with van der Waals surface area (Å²) in [5.74, 6) is -0.0863. The summed E-state index contributed by atoms with van der Waals surface area (Å²) in [6, 6.07) is 6.52. The maximum atomic E-state index is 14.3. The second kappa shape index (κ2) is 6.38. The minimum atomic E-state index is -0.0863. The number of piperidine rings is 1. The van der Waals surface area contributed by atoms with Crippen molar-refractivity contribution >= 4 is 5.69 Å². The van der Waals surface area contributed by atoms with E-state index in [-0.39, 0.29) is 5.82 Å². The summed E-state index contributed by atoms with van der Waals surface area (Å²) in [6.45, 7) is 8.08.